The average Bonchev–Trinajstić information content (AvgIpc) is 2.12. The number of halogens is 2. The van der Waals surface area contributed by atoms with Gasteiger partial charge in [0.15, 0.2) is 0 Å². The maximum Gasteiger partial charge on any atom is 0.261 e. The van der Waals surface area contributed by atoms with Gasteiger partial charge in [0.1, 0.15) is 13.2 Å². The Hall–Kier alpha value is -0.750. The molecule has 0 fully saturated rings. The Morgan fingerprint density at radius 1 is 1.38 bits per heavy atom. The van der Waals surface area contributed by atoms with Crippen molar-refractivity contribution in [3.8, 4) is 0 Å². The summed E-state index contributed by atoms with van der Waals surface area (Å²) in [4.78, 5) is 11.1. The molecule has 0 aliphatic carbocycles. The van der Waals surface area contributed by atoms with Crippen LogP contribution in [-0.4, -0.2) is 44.3 Å². The van der Waals surface area contributed by atoms with Crippen molar-refractivity contribution in [2.75, 3.05) is 26.4 Å². The number of nitrogens with one attached hydrogen (secondary N) is 1. The third-order valence-electron chi connectivity index (χ3n) is 1.45. The van der Waals surface area contributed by atoms with Crippen LogP contribution in [0.4, 0.5) is 8.78 Å². The highest BCUT2D eigenvalue weighted by molar-refractivity contribution is 5.77. The normalized spacial score (nSPS) is 11.9. The summed E-state index contributed by atoms with van der Waals surface area (Å²) >= 11 is 0. The molecule has 0 saturated carbocycles. The van der Waals surface area contributed by atoms with Crippen molar-refractivity contribution in [3.05, 3.63) is 0 Å². The first kappa shape index (κ1) is 15.2. The second kappa shape index (κ2) is 7.51. The van der Waals surface area contributed by atoms with E-state index in [9.17, 15) is 13.6 Å². The summed E-state index contributed by atoms with van der Waals surface area (Å²) in [6.45, 7) is 5.15. The molecule has 96 valence electrons. The van der Waals surface area contributed by atoms with E-state index < -0.39 is 13.0 Å². The smallest absolute Gasteiger partial charge is 0.261 e. The fraction of sp³-hybridized carbons (Fsp3) is 0.900. The van der Waals surface area contributed by atoms with Gasteiger partial charge in [-0.15, -0.1) is 0 Å². The minimum Gasteiger partial charge on any atom is -0.374 e. The van der Waals surface area contributed by atoms with Crippen molar-refractivity contribution in [2.45, 2.75) is 32.8 Å². The van der Waals surface area contributed by atoms with Gasteiger partial charge in [-0.05, 0) is 20.8 Å². The number of carbonyl (C=O) groups excluding carboxylic acids is 1. The highest BCUT2D eigenvalue weighted by Gasteiger charge is 2.12. The van der Waals surface area contributed by atoms with Gasteiger partial charge in [0.2, 0.25) is 5.91 Å². The molecule has 0 heterocycles. The Balaban J connectivity index is 3.38. The molecule has 0 saturated heterocycles. The van der Waals surface area contributed by atoms with Gasteiger partial charge in [0, 0.05) is 6.54 Å². The maximum absolute atomic E-state index is 11.6. The fourth-order valence-corrected chi connectivity index (χ4v) is 0.768. The van der Waals surface area contributed by atoms with Gasteiger partial charge < -0.3 is 14.8 Å². The molecule has 1 amide bonds. The van der Waals surface area contributed by atoms with Gasteiger partial charge in [-0.25, -0.2) is 8.78 Å². The minimum absolute atomic E-state index is 0.0433. The third-order valence-corrected chi connectivity index (χ3v) is 1.45. The summed E-state index contributed by atoms with van der Waals surface area (Å²) in [5.41, 5.74) is -0.372. The van der Waals surface area contributed by atoms with Crippen molar-refractivity contribution < 1.29 is 23.0 Å². The van der Waals surface area contributed by atoms with E-state index in [1.165, 1.54) is 0 Å². The van der Waals surface area contributed by atoms with E-state index in [1.54, 1.807) is 0 Å². The third kappa shape index (κ3) is 11.3. The van der Waals surface area contributed by atoms with Crippen LogP contribution < -0.4 is 5.32 Å². The van der Waals surface area contributed by atoms with E-state index in [-0.39, 0.29) is 31.3 Å². The van der Waals surface area contributed by atoms with Crippen molar-refractivity contribution in [2.24, 2.45) is 0 Å². The van der Waals surface area contributed by atoms with E-state index in [1.807, 2.05) is 20.8 Å². The Bertz CT molecular complexity index is 205. The predicted molar refractivity (Wildman–Crippen MR) is 55.5 cm³/mol. The predicted octanol–water partition coefficient (Wildman–Crippen LogP) is 1.20. The van der Waals surface area contributed by atoms with E-state index >= 15 is 0 Å². The Morgan fingerprint density at radius 2 is 2.00 bits per heavy atom. The maximum atomic E-state index is 11.6. The van der Waals surface area contributed by atoms with Crippen LogP contribution >= 0.6 is 0 Å². The summed E-state index contributed by atoms with van der Waals surface area (Å²) in [6, 6.07) is 0. The van der Waals surface area contributed by atoms with Crippen LogP contribution in [0.2, 0.25) is 0 Å². The van der Waals surface area contributed by atoms with Crippen LogP contribution in [0.3, 0.4) is 0 Å². The Labute approximate surface area is 94.3 Å². The Kier molecular flexibility index (Phi) is 7.16. The van der Waals surface area contributed by atoms with Crippen LogP contribution in [0.15, 0.2) is 0 Å². The molecule has 0 bridgehead atoms. The topological polar surface area (TPSA) is 47.6 Å². The summed E-state index contributed by atoms with van der Waals surface area (Å²) in [6.07, 6.45) is -2.47. The quantitative estimate of drug-likeness (QED) is 0.679. The molecule has 0 aliphatic heterocycles. The molecule has 0 radical (unpaired) electrons. The summed E-state index contributed by atoms with van der Waals surface area (Å²) < 4.78 is 33.1. The second-order valence-corrected chi connectivity index (χ2v) is 4.22. The van der Waals surface area contributed by atoms with Gasteiger partial charge in [-0.1, -0.05) is 0 Å². The molecule has 16 heavy (non-hydrogen) atoms. The lowest BCUT2D eigenvalue weighted by molar-refractivity contribution is -0.130. The lowest BCUT2D eigenvalue weighted by Crippen LogP contribution is -2.34. The highest BCUT2D eigenvalue weighted by Crippen LogP contribution is 2.05. The molecule has 0 spiro atoms. The first-order valence-corrected chi connectivity index (χ1v) is 5.08. The molecule has 6 heteroatoms. The zero-order valence-electron chi connectivity index (χ0n) is 9.89. The van der Waals surface area contributed by atoms with E-state index in [0.29, 0.717) is 0 Å². The molecule has 0 unspecified atom stereocenters. The van der Waals surface area contributed by atoms with Crippen LogP contribution in [0.5, 0.6) is 0 Å². The minimum atomic E-state index is -2.47. The molecule has 0 aromatic heterocycles. The number of ether oxygens (including phenoxy) is 2. The molecule has 0 atom stereocenters. The van der Waals surface area contributed by atoms with Gasteiger partial charge in [-0.2, -0.15) is 0 Å². The first-order chi connectivity index (χ1) is 7.31. The second-order valence-electron chi connectivity index (χ2n) is 4.22. The molecule has 4 nitrogen and oxygen atoms in total. The van der Waals surface area contributed by atoms with Crippen molar-refractivity contribution >= 4 is 5.91 Å². The summed E-state index contributed by atoms with van der Waals surface area (Å²) in [7, 11) is 0. The van der Waals surface area contributed by atoms with Crippen molar-refractivity contribution in [1.29, 1.82) is 0 Å². The molecule has 0 aliphatic rings. The number of amides is 1. The standard InChI is InChI=1S/C10H19F2NO3/c1-10(2,3)16-7-9(14)13-4-5-15-6-8(11)12/h8H,4-7H2,1-3H3,(H,13,14). The molecular formula is C10H19F2NO3. The van der Waals surface area contributed by atoms with E-state index in [2.05, 4.69) is 10.1 Å². The molecule has 0 aromatic rings. The number of rotatable bonds is 7. The lowest BCUT2D eigenvalue weighted by atomic mass is 10.2. The van der Waals surface area contributed by atoms with Crippen LogP contribution in [0.1, 0.15) is 20.8 Å². The SMILES string of the molecule is CC(C)(C)OCC(=O)NCCOCC(F)F. The van der Waals surface area contributed by atoms with Crippen LogP contribution in [0, 0.1) is 0 Å². The van der Waals surface area contributed by atoms with Gasteiger partial charge in [0.05, 0.1) is 12.2 Å². The zero-order valence-corrected chi connectivity index (χ0v) is 9.89. The lowest BCUT2D eigenvalue weighted by Gasteiger charge is -2.18. The number of alkyl halides is 2. The first-order valence-electron chi connectivity index (χ1n) is 5.08. The monoisotopic (exact) mass is 239 g/mol. The Morgan fingerprint density at radius 3 is 2.50 bits per heavy atom. The summed E-state index contributed by atoms with van der Waals surface area (Å²) in [5, 5.41) is 2.50. The van der Waals surface area contributed by atoms with Crippen LogP contribution in [-0.2, 0) is 14.3 Å². The van der Waals surface area contributed by atoms with Gasteiger partial charge in [0.25, 0.3) is 6.43 Å². The van der Waals surface area contributed by atoms with Crippen molar-refractivity contribution in [3.63, 3.8) is 0 Å². The zero-order chi connectivity index (χ0) is 12.6. The number of hydrogen-bond acceptors (Lipinski definition) is 3. The molecular weight excluding hydrogens is 220 g/mol. The highest BCUT2D eigenvalue weighted by atomic mass is 19.3. The number of carbonyl (C=O) groups is 1. The fourth-order valence-electron chi connectivity index (χ4n) is 0.768. The van der Waals surface area contributed by atoms with Crippen LogP contribution in [0.25, 0.3) is 0 Å². The van der Waals surface area contributed by atoms with E-state index in [0.717, 1.165) is 0 Å². The molecule has 1 N–H and O–H groups in total. The van der Waals surface area contributed by atoms with Gasteiger partial charge in [-0.3, -0.25) is 4.79 Å². The largest absolute Gasteiger partial charge is 0.374 e. The average molecular weight is 239 g/mol. The van der Waals surface area contributed by atoms with E-state index in [4.69, 9.17) is 4.74 Å². The number of hydrogen-bond donors (Lipinski definition) is 1. The van der Waals surface area contributed by atoms with Crippen molar-refractivity contribution in [1.82, 2.24) is 5.32 Å². The molecule has 0 rings (SSSR count). The summed E-state index contributed by atoms with van der Waals surface area (Å²) in [5.74, 6) is -0.282. The van der Waals surface area contributed by atoms with Gasteiger partial charge >= 0.3 is 0 Å². The molecule has 0 aromatic carbocycles.